The number of benzene rings is 2. The monoisotopic (exact) mass is 371 g/mol. The van der Waals surface area contributed by atoms with Gasteiger partial charge in [0.15, 0.2) is 0 Å². The highest BCUT2D eigenvalue weighted by atomic mass is 32.1. The third kappa shape index (κ3) is 3.92. The molecule has 8 heteroatoms. The largest absolute Gasteiger partial charge is 0.344 e. The van der Waals surface area contributed by atoms with Gasteiger partial charge < -0.3 is 5.32 Å². The van der Waals surface area contributed by atoms with Crippen LogP contribution in [0.5, 0.6) is 0 Å². The maximum Gasteiger partial charge on any atom is 0.271 e. The van der Waals surface area contributed by atoms with Gasteiger partial charge in [-0.15, -0.1) is 11.3 Å². The van der Waals surface area contributed by atoms with Crippen LogP contribution in [-0.4, -0.2) is 15.8 Å². The predicted molar refractivity (Wildman–Crippen MR) is 96.5 cm³/mol. The van der Waals surface area contributed by atoms with E-state index in [2.05, 4.69) is 10.3 Å². The zero-order valence-corrected chi connectivity index (χ0v) is 14.5. The van der Waals surface area contributed by atoms with E-state index in [-0.39, 0.29) is 23.1 Å². The van der Waals surface area contributed by atoms with Gasteiger partial charge in [0.2, 0.25) is 0 Å². The Morgan fingerprint density at radius 3 is 2.69 bits per heavy atom. The van der Waals surface area contributed by atoms with Crippen LogP contribution in [0.15, 0.2) is 53.9 Å². The Kier molecular flexibility index (Phi) is 5.04. The highest BCUT2D eigenvalue weighted by molar-refractivity contribution is 7.13. The molecule has 0 saturated heterocycles. The van der Waals surface area contributed by atoms with Crippen LogP contribution in [0.1, 0.15) is 29.0 Å². The Morgan fingerprint density at radius 2 is 2.00 bits per heavy atom. The molecule has 0 radical (unpaired) electrons. The van der Waals surface area contributed by atoms with Crippen molar-refractivity contribution in [1.29, 1.82) is 0 Å². The first-order valence-electron chi connectivity index (χ1n) is 7.71. The molecule has 0 aliphatic rings. The first-order valence-corrected chi connectivity index (χ1v) is 8.58. The van der Waals surface area contributed by atoms with Gasteiger partial charge in [-0.05, 0) is 36.8 Å². The molecule has 26 heavy (non-hydrogen) atoms. The maximum atomic E-state index is 13.0. The lowest BCUT2D eigenvalue weighted by molar-refractivity contribution is -0.384. The molecule has 0 aliphatic heterocycles. The minimum absolute atomic E-state index is 0.0316. The van der Waals surface area contributed by atoms with Crippen molar-refractivity contribution in [2.45, 2.75) is 13.0 Å². The van der Waals surface area contributed by atoms with Gasteiger partial charge in [0.25, 0.3) is 11.6 Å². The van der Waals surface area contributed by atoms with Crippen LogP contribution < -0.4 is 5.32 Å². The van der Waals surface area contributed by atoms with Crippen LogP contribution in [0.4, 0.5) is 10.1 Å². The van der Waals surface area contributed by atoms with Gasteiger partial charge in [-0.25, -0.2) is 9.37 Å². The van der Waals surface area contributed by atoms with E-state index in [1.165, 1.54) is 35.6 Å². The molecule has 1 unspecified atom stereocenters. The smallest absolute Gasteiger partial charge is 0.271 e. The summed E-state index contributed by atoms with van der Waals surface area (Å²) in [5, 5.41) is 15.9. The Hall–Kier alpha value is -3.13. The van der Waals surface area contributed by atoms with Crippen LogP contribution in [-0.2, 0) is 0 Å². The summed E-state index contributed by atoms with van der Waals surface area (Å²) in [6.07, 6.45) is 0. The minimum Gasteiger partial charge on any atom is -0.344 e. The summed E-state index contributed by atoms with van der Waals surface area (Å²) in [5.74, 6) is -0.720. The molecule has 1 amide bonds. The lowest BCUT2D eigenvalue weighted by atomic mass is 10.1. The number of nitro groups is 1. The first-order chi connectivity index (χ1) is 12.4. The number of halogens is 1. The quantitative estimate of drug-likeness (QED) is 0.534. The van der Waals surface area contributed by atoms with Gasteiger partial charge in [0.1, 0.15) is 16.5 Å². The minimum atomic E-state index is -0.479. The van der Waals surface area contributed by atoms with Gasteiger partial charge in [-0.2, -0.15) is 0 Å². The van der Waals surface area contributed by atoms with Crippen molar-refractivity contribution >= 4 is 22.9 Å². The summed E-state index contributed by atoms with van der Waals surface area (Å²) >= 11 is 1.28. The zero-order chi connectivity index (χ0) is 18.7. The second-order valence-electron chi connectivity index (χ2n) is 5.59. The molecular weight excluding hydrogens is 357 g/mol. The Bertz CT molecular complexity index is 956. The van der Waals surface area contributed by atoms with Gasteiger partial charge in [-0.1, -0.05) is 12.1 Å². The molecule has 0 aliphatic carbocycles. The molecule has 0 bridgehead atoms. The molecule has 3 rings (SSSR count). The Balaban J connectivity index is 1.73. The fourth-order valence-corrected chi connectivity index (χ4v) is 3.17. The van der Waals surface area contributed by atoms with E-state index in [0.717, 1.165) is 5.56 Å². The lowest BCUT2D eigenvalue weighted by Gasteiger charge is -2.13. The number of hydrogen-bond acceptors (Lipinski definition) is 5. The van der Waals surface area contributed by atoms with Crippen LogP contribution in [0.3, 0.4) is 0 Å². The van der Waals surface area contributed by atoms with Crippen LogP contribution >= 0.6 is 11.3 Å². The average molecular weight is 371 g/mol. The third-order valence-corrected chi connectivity index (χ3v) is 4.65. The van der Waals surface area contributed by atoms with Gasteiger partial charge >= 0.3 is 0 Å². The number of nitro benzene ring substituents is 1. The van der Waals surface area contributed by atoms with Crippen LogP contribution in [0.2, 0.25) is 0 Å². The van der Waals surface area contributed by atoms with Gasteiger partial charge in [0, 0.05) is 23.1 Å². The number of non-ortho nitro benzene ring substituents is 1. The molecule has 132 valence electrons. The number of carbonyl (C=O) groups is 1. The molecule has 1 aromatic heterocycles. The van der Waals surface area contributed by atoms with E-state index in [4.69, 9.17) is 0 Å². The highest BCUT2D eigenvalue weighted by Gasteiger charge is 2.17. The number of rotatable bonds is 5. The number of thiazole rings is 1. The lowest BCUT2D eigenvalue weighted by Crippen LogP contribution is -2.26. The molecule has 0 spiro atoms. The summed E-state index contributed by atoms with van der Waals surface area (Å²) in [5.41, 5.74) is 1.56. The van der Waals surface area contributed by atoms with E-state index in [0.29, 0.717) is 10.6 Å². The molecular formula is C18H14FN3O3S. The van der Waals surface area contributed by atoms with E-state index in [1.54, 1.807) is 36.6 Å². The fraction of sp³-hybridized carbons (Fsp3) is 0.111. The number of aromatic nitrogens is 1. The van der Waals surface area contributed by atoms with Gasteiger partial charge in [-0.3, -0.25) is 14.9 Å². The topological polar surface area (TPSA) is 85.1 Å². The van der Waals surface area contributed by atoms with Crippen molar-refractivity contribution in [3.05, 3.63) is 81.1 Å². The summed E-state index contributed by atoms with van der Waals surface area (Å²) in [7, 11) is 0. The van der Waals surface area contributed by atoms with E-state index in [1.807, 2.05) is 0 Å². The normalized spacial score (nSPS) is 11.8. The summed E-state index contributed by atoms with van der Waals surface area (Å²) < 4.78 is 13.0. The molecule has 1 heterocycles. The molecule has 3 aromatic rings. The zero-order valence-electron chi connectivity index (χ0n) is 13.7. The summed E-state index contributed by atoms with van der Waals surface area (Å²) in [6, 6.07) is 11.6. The SMILES string of the molecule is CC(NC(=O)c1csc(-c2ccc(F)cc2)n1)c1cccc([N+](=O)[O-])c1. The first kappa shape index (κ1) is 17.7. The molecule has 1 N–H and O–H groups in total. The molecule has 6 nitrogen and oxygen atoms in total. The van der Waals surface area contributed by atoms with Crippen molar-refractivity contribution in [2.75, 3.05) is 0 Å². The number of hydrogen-bond donors (Lipinski definition) is 1. The number of carbonyl (C=O) groups excluding carboxylic acids is 1. The van der Waals surface area contributed by atoms with Crippen LogP contribution in [0, 0.1) is 15.9 Å². The third-order valence-electron chi connectivity index (χ3n) is 3.76. The summed E-state index contributed by atoms with van der Waals surface area (Å²) in [4.78, 5) is 27.0. The number of nitrogens with zero attached hydrogens (tertiary/aromatic N) is 2. The maximum absolute atomic E-state index is 13.0. The molecule has 2 aromatic carbocycles. The van der Waals surface area contributed by atoms with Crippen molar-refractivity contribution in [2.24, 2.45) is 0 Å². The van der Waals surface area contributed by atoms with Crippen molar-refractivity contribution in [1.82, 2.24) is 10.3 Å². The fourth-order valence-electron chi connectivity index (χ4n) is 2.36. The second-order valence-corrected chi connectivity index (χ2v) is 6.45. The van der Waals surface area contributed by atoms with E-state index >= 15 is 0 Å². The molecule has 0 saturated carbocycles. The molecule has 0 fully saturated rings. The molecule has 1 atom stereocenters. The standard InChI is InChI=1S/C18H14FN3O3S/c1-11(13-3-2-4-15(9-13)22(24)25)20-17(23)16-10-26-18(21-16)12-5-7-14(19)8-6-12/h2-11H,1H3,(H,20,23). The van der Waals surface area contributed by atoms with E-state index < -0.39 is 11.0 Å². The van der Waals surface area contributed by atoms with Crippen molar-refractivity contribution < 1.29 is 14.1 Å². The van der Waals surface area contributed by atoms with Crippen molar-refractivity contribution in [3.8, 4) is 10.6 Å². The van der Waals surface area contributed by atoms with Gasteiger partial charge in [0.05, 0.1) is 11.0 Å². The summed E-state index contributed by atoms with van der Waals surface area (Å²) in [6.45, 7) is 1.74. The van der Waals surface area contributed by atoms with E-state index in [9.17, 15) is 19.3 Å². The average Bonchev–Trinajstić information content (AvgIpc) is 3.12. The van der Waals surface area contributed by atoms with Crippen molar-refractivity contribution in [3.63, 3.8) is 0 Å². The Morgan fingerprint density at radius 1 is 1.27 bits per heavy atom. The highest BCUT2D eigenvalue weighted by Crippen LogP contribution is 2.24. The van der Waals surface area contributed by atoms with Crippen LogP contribution in [0.25, 0.3) is 10.6 Å². The number of nitrogens with one attached hydrogen (secondary N) is 1. The second kappa shape index (κ2) is 7.40. The predicted octanol–water partition coefficient (Wildman–Crippen LogP) is 4.35. The Labute approximate surface area is 152 Å². The number of amides is 1.